The number of phenolic OH excluding ortho intramolecular Hbond substituents is 1. The summed E-state index contributed by atoms with van der Waals surface area (Å²) in [6, 6.07) is 2.47. The Morgan fingerprint density at radius 2 is 1.23 bits per heavy atom. The summed E-state index contributed by atoms with van der Waals surface area (Å²) in [4.78, 5) is 170. The lowest BCUT2D eigenvalue weighted by molar-refractivity contribution is -0.142. The molecule has 33 nitrogen and oxygen atoms in total. The van der Waals surface area contributed by atoms with E-state index >= 15 is 0 Å². The third kappa shape index (κ3) is 23.1. The number of nitrogens with zero attached hydrogens (tertiary/aromatic N) is 5. The van der Waals surface area contributed by atoms with Gasteiger partial charge in [0.1, 0.15) is 66.2 Å². The molecular formula is C65H90N20O13. The van der Waals surface area contributed by atoms with Crippen molar-refractivity contribution < 1.29 is 63.0 Å². The van der Waals surface area contributed by atoms with Crippen molar-refractivity contribution in [3.8, 4) is 5.75 Å². The number of anilines is 3. The van der Waals surface area contributed by atoms with Gasteiger partial charge >= 0.3 is 0 Å². The number of H-pyrrole nitrogens is 2. The number of likely N-dealkylation sites (tertiary alicyclic amines) is 1. The van der Waals surface area contributed by atoms with Crippen LogP contribution in [0.25, 0.3) is 0 Å². The van der Waals surface area contributed by atoms with Crippen LogP contribution in [0, 0.1) is 5.92 Å². The molecule has 3 aromatic heterocycles. The Bertz CT molecular complexity index is 3520. The second-order valence-corrected chi connectivity index (χ2v) is 25.1. The van der Waals surface area contributed by atoms with Gasteiger partial charge in [-0.25, -0.2) is 10.1 Å². The number of aliphatic hydroxyl groups is 1. The minimum Gasteiger partial charge on any atom is -0.508 e. The highest BCUT2D eigenvalue weighted by molar-refractivity contribution is 5.99. The Labute approximate surface area is 565 Å². The number of pyridine rings is 1. The van der Waals surface area contributed by atoms with E-state index in [1.54, 1.807) is 36.4 Å². The first-order valence-corrected chi connectivity index (χ1v) is 32.7. The Morgan fingerprint density at radius 3 is 1.78 bits per heavy atom. The number of aromatic nitrogens is 6. The van der Waals surface area contributed by atoms with Crippen molar-refractivity contribution in [2.24, 2.45) is 11.7 Å². The number of aliphatic hydroxyl groups excluding tert-OH is 1. The zero-order valence-electron chi connectivity index (χ0n) is 55.4. The monoisotopic (exact) mass is 1360 g/mol. The molecule has 98 heavy (non-hydrogen) atoms. The summed E-state index contributed by atoms with van der Waals surface area (Å²) in [5.74, 6) is -8.49. The second kappa shape index (κ2) is 36.5. The molecule has 2 aromatic carbocycles. The molecule has 0 spiro atoms. The number of carbonyl (C=O) groups excluding carboxylic acids is 11. The minimum absolute atomic E-state index is 0.0522. The number of hydrogen-bond acceptors (Lipinski definition) is 20. The number of primary amides is 1. The highest BCUT2D eigenvalue weighted by Gasteiger charge is 2.40. The van der Waals surface area contributed by atoms with E-state index in [1.807, 2.05) is 27.7 Å². The van der Waals surface area contributed by atoms with E-state index in [2.05, 4.69) is 88.6 Å². The van der Waals surface area contributed by atoms with Crippen molar-refractivity contribution in [3.05, 3.63) is 108 Å². The normalized spacial score (nSPS) is 16.8. The largest absolute Gasteiger partial charge is 0.508 e. The van der Waals surface area contributed by atoms with E-state index in [9.17, 15) is 63.0 Å². The molecule has 0 aliphatic carbocycles. The van der Waals surface area contributed by atoms with Crippen molar-refractivity contribution in [1.82, 2.24) is 88.2 Å². The SMILES string of the molecule is CC(C)C[C@H](NC(=O)[C@@H](Cc1cccnc1)NC(=O)[C@H](Cc1ccc(O)cc1)NC(=O)[C@H](CO)NC(=O)[C@@H](Cc1ccc(Nc2n[nH]c(N)n2)cc1)NC(=O)[C@H](Cc1cnc[nH]1)NC(=O)[C@@H]1CCC(=O)N1)C(=O)N[C@@H](CCCCNC(C)C)C(=O)N1CCC[C@H]1C(=O)N[C@H](C)C(N)=O. The Kier molecular flexibility index (Phi) is 27.9. The van der Waals surface area contributed by atoms with Crippen LogP contribution in [0.3, 0.4) is 0 Å². The molecule has 5 heterocycles. The van der Waals surface area contributed by atoms with Crippen LogP contribution < -0.4 is 70.0 Å². The number of phenols is 1. The highest BCUT2D eigenvalue weighted by Crippen LogP contribution is 2.22. The van der Waals surface area contributed by atoms with Crippen LogP contribution in [0.2, 0.25) is 0 Å². The van der Waals surface area contributed by atoms with Gasteiger partial charge in [-0.2, -0.15) is 4.98 Å². The number of benzene rings is 2. The summed E-state index contributed by atoms with van der Waals surface area (Å²) in [7, 11) is 0. The fourth-order valence-electron chi connectivity index (χ4n) is 11.1. The number of aromatic hydroxyl groups is 1. The van der Waals surface area contributed by atoms with Gasteiger partial charge in [0, 0.05) is 74.7 Å². The maximum atomic E-state index is 15.0. The van der Waals surface area contributed by atoms with Gasteiger partial charge < -0.3 is 90.0 Å². The van der Waals surface area contributed by atoms with E-state index in [4.69, 9.17) is 11.5 Å². The molecule has 19 N–H and O–H groups in total. The zero-order chi connectivity index (χ0) is 71.0. The Hall–Kier alpha value is -10.6. The number of aromatic amines is 2. The fraction of sp³-hybridized carbons (Fsp3) is 0.492. The van der Waals surface area contributed by atoms with Crippen molar-refractivity contribution in [2.75, 3.05) is 30.7 Å². The maximum absolute atomic E-state index is 15.0. The van der Waals surface area contributed by atoms with E-state index in [1.165, 1.54) is 61.0 Å². The third-order valence-electron chi connectivity index (χ3n) is 16.4. The van der Waals surface area contributed by atoms with Crippen LogP contribution in [0.5, 0.6) is 5.75 Å². The Morgan fingerprint density at radius 1 is 0.653 bits per heavy atom. The molecule has 7 rings (SSSR count). The second-order valence-electron chi connectivity index (χ2n) is 25.1. The summed E-state index contributed by atoms with van der Waals surface area (Å²) < 4.78 is 0. The first kappa shape index (κ1) is 74.8. The molecule has 11 amide bonds. The van der Waals surface area contributed by atoms with Crippen molar-refractivity contribution in [2.45, 2.75) is 178 Å². The van der Waals surface area contributed by atoms with Gasteiger partial charge in [-0.3, -0.25) is 57.7 Å². The average molecular weight is 1360 g/mol. The zero-order valence-corrected chi connectivity index (χ0v) is 55.4. The number of carbonyl (C=O) groups is 11. The summed E-state index contributed by atoms with van der Waals surface area (Å²) in [5.41, 5.74) is 13.4. The molecule has 5 aromatic rings. The van der Waals surface area contributed by atoms with Gasteiger partial charge in [-0.1, -0.05) is 58.0 Å². The number of hydrogen-bond donors (Lipinski definition) is 17. The van der Waals surface area contributed by atoms with E-state index < -0.39 is 126 Å². The average Bonchev–Trinajstić information content (AvgIpc) is 1.29. The number of amides is 11. The highest BCUT2D eigenvalue weighted by atomic mass is 16.3. The van der Waals surface area contributed by atoms with Crippen LogP contribution in [0.1, 0.15) is 108 Å². The van der Waals surface area contributed by atoms with Crippen LogP contribution >= 0.6 is 0 Å². The third-order valence-corrected chi connectivity index (χ3v) is 16.4. The van der Waals surface area contributed by atoms with Crippen LogP contribution in [0.15, 0.2) is 85.6 Å². The molecule has 0 bridgehead atoms. The molecule has 528 valence electrons. The molecule has 33 heteroatoms. The number of unbranched alkanes of at least 4 members (excludes halogenated alkanes) is 1. The van der Waals surface area contributed by atoms with Gasteiger partial charge in [-0.05, 0) is 111 Å². The Balaban J connectivity index is 1.13. The van der Waals surface area contributed by atoms with Gasteiger partial charge in [0.05, 0.1) is 12.9 Å². The standard InChI is InChI=1S/C65H90N20O13/c1-35(2)26-46(56(91)75-45(11-6-7-24-70-36(3)4)63(98)85-25-9-12-52(85)62(97)72-37(5)54(66)89)76-58(93)49(29-40-10-8-23-68-31-40)78-57(92)47(28-39-15-19-43(87)20-16-39)79-61(96)51(33-86)81-59(94)48(27-38-13-17-41(18-14-38)73-65-82-64(67)83-84-65)77-60(95)50(30-42-32-69-34-71-42)80-55(90)44-21-22-53(88)74-44/h8,10,13-20,23,31-32,34-37,44-52,70,86-87H,6-7,9,11-12,21-22,24-30,33H2,1-5H3,(H2,66,89)(H,69,71)(H,72,97)(H,74,88)(H,75,91)(H,76,93)(H,77,95)(H,78,92)(H,79,96)(H,80,90)(H,81,94)(H4,67,73,82,83,84)/t37-,44+,45+,46+,47+,48-,49-,50+,51+,52+/m1/s1. The number of nitrogens with two attached hydrogens (primary N) is 2. The molecule has 0 unspecified atom stereocenters. The maximum Gasteiger partial charge on any atom is 0.248 e. The first-order chi connectivity index (χ1) is 46.8. The molecule has 2 saturated heterocycles. The van der Waals surface area contributed by atoms with E-state index in [0.29, 0.717) is 60.3 Å². The van der Waals surface area contributed by atoms with Gasteiger partial charge in [0.2, 0.25) is 76.9 Å². The molecule has 10 atom stereocenters. The van der Waals surface area contributed by atoms with Crippen LogP contribution in [-0.4, -0.2) is 196 Å². The summed E-state index contributed by atoms with van der Waals surface area (Å²) >= 11 is 0. The first-order valence-electron chi connectivity index (χ1n) is 32.7. The predicted molar refractivity (Wildman–Crippen MR) is 356 cm³/mol. The molecule has 2 aliphatic heterocycles. The van der Waals surface area contributed by atoms with Gasteiger partial charge in [0.15, 0.2) is 0 Å². The molecule has 2 aliphatic rings. The summed E-state index contributed by atoms with van der Waals surface area (Å²) in [6.07, 6.45) is 7.22. The molecular weight excluding hydrogens is 1270 g/mol. The van der Waals surface area contributed by atoms with Crippen molar-refractivity contribution >= 4 is 82.6 Å². The number of rotatable bonds is 37. The number of imidazole rings is 1. The topological polar surface area (TPSA) is 499 Å². The van der Waals surface area contributed by atoms with Crippen molar-refractivity contribution in [1.29, 1.82) is 0 Å². The fourth-order valence-corrected chi connectivity index (χ4v) is 11.1. The van der Waals surface area contributed by atoms with Crippen LogP contribution in [0.4, 0.5) is 17.6 Å². The number of nitrogens with one attached hydrogen (secondary N) is 13. The van der Waals surface area contributed by atoms with Crippen LogP contribution in [-0.2, 0) is 78.4 Å². The molecule has 2 fully saturated rings. The van der Waals surface area contributed by atoms with Crippen molar-refractivity contribution in [3.63, 3.8) is 0 Å². The quantitative estimate of drug-likeness (QED) is 0.0193. The molecule has 0 saturated carbocycles. The summed E-state index contributed by atoms with van der Waals surface area (Å²) in [5, 5.41) is 57.9. The smallest absolute Gasteiger partial charge is 0.248 e. The number of nitrogen functional groups attached to an aromatic ring is 1. The minimum atomic E-state index is -1.82. The van der Waals surface area contributed by atoms with E-state index in [-0.39, 0.29) is 93.4 Å². The van der Waals surface area contributed by atoms with E-state index in [0.717, 1.165) is 0 Å². The summed E-state index contributed by atoms with van der Waals surface area (Å²) in [6.45, 7) is 8.81. The molecule has 0 radical (unpaired) electrons. The van der Waals surface area contributed by atoms with Gasteiger partial charge in [-0.15, -0.1) is 5.10 Å². The van der Waals surface area contributed by atoms with Gasteiger partial charge in [0.25, 0.3) is 0 Å². The lowest BCUT2D eigenvalue weighted by Crippen LogP contribution is -2.61. The lowest BCUT2D eigenvalue weighted by atomic mass is 9.99. The lowest BCUT2D eigenvalue weighted by Gasteiger charge is -2.31. The predicted octanol–water partition coefficient (Wildman–Crippen LogP) is -1.92.